The highest BCUT2D eigenvalue weighted by molar-refractivity contribution is 6.43. The largest absolute Gasteiger partial charge is 0.494 e. The van der Waals surface area contributed by atoms with Gasteiger partial charge in [-0.15, -0.1) is 0 Å². The highest BCUT2D eigenvalue weighted by Gasteiger charge is 2.22. The van der Waals surface area contributed by atoms with E-state index in [9.17, 15) is 4.79 Å². The zero-order valence-corrected chi connectivity index (χ0v) is 21.0. The SMILES string of the molecule is CCOc1ccc(CN(C(=O)Nc2cccc(Cl)c2Cl)C(C)CCCN(CC)CC)cc1. The van der Waals surface area contributed by atoms with Gasteiger partial charge in [0.05, 0.1) is 22.3 Å². The number of benzene rings is 2. The van der Waals surface area contributed by atoms with Gasteiger partial charge in [0, 0.05) is 12.6 Å². The van der Waals surface area contributed by atoms with Crippen LogP contribution in [-0.2, 0) is 6.54 Å². The van der Waals surface area contributed by atoms with E-state index in [1.54, 1.807) is 18.2 Å². The molecule has 0 aliphatic carbocycles. The predicted octanol–water partition coefficient (Wildman–Crippen LogP) is 6.94. The molecule has 2 aromatic rings. The van der Waals surface area contributed by atoms with E-state index in [-0.39, 0.29) is 12.1 Å². The standard InChI is InChI=1S/C25H35Cl2N3O2/c1-5-29(6-2)17-9-10-19(4)30(18-20-13-15-21(16-14-20)32-7-3)25(31)28-23-12-8-11-22(26)24(23)27/h8,11-16,19H,5-7,9-10,17-18H2,1-4H3,(H,28,31). The lowest BCUT2D eigenvalue weighted by molar-refractivity contribution is 0.181. The summed E-state index contributed by atoms with van der Waals surface area (Å²) >= 11 is 12.4. The van der Waals surface area contributed by atoms with Gasteiger partial charge in [-0.25, -0.2) is 4.79 Å². The summed E-state index contributed by atoms with van der Waals surface area (Å²) in [6, 6.07) is 13.0. The average molecular weight is 480 g/mol. The zero-order chi connectivity index (χ0) is 23.5. The lowest BCUT2D eigenvalue weighted by Crippen LogP contribution is -2.41. The van der Waals surface area contributed by atoms with Crippen LogP contribution in [0.5, 0.6) is 5.75 Å². The molecule has 0 bridgehead atoms. The first kappa shape index (κ1) is 26.3. The van der Waals surface area contributed by atoms with Crippen LogP contribution in [0.1, 0.15) is 46.1 Å². The molecule has 1 unspecified atom stereocenters. The number of nitrogens with zero attached hydrogens (tertiary/aromatic N) is 2. The van der Waals surface area contributed by atoms with Gasteiger partial charge in [0.2, 0.25) is 0 Å². The van der Waals surface area contributed by atoms with Gasteiger partial charge in [0.1, 0.15) is 5.75 Å². The quantitative estimate of drug-likeness (QED) is 0.358. The van der Waals surface area contributed by atoms with Crippen LogP contribution in [0.25, 0.3) is 0 Å². The van der Waals surface area contributed by atoms with E-state index < -0.39 is 0 Å². The number of carbonyl (C=O) groups excluding carboxylic acids is 1. The Labute approximate surface area is 202 Å². The lowest BCUT2D eigenvalue weighted by atomic mass is 10.1. The summed E-state index contributed by atoms with van der Waals surface area (Å²) in [6.45, 7) is 12.6. The smallest absolute Gasteiger partial charge is 0.322 e. The molecule has 176 valence electrons. The van der Waals surface area contributed by atoms with Crippen LogP contribution in [0, 0.1) is 0 Å². The Morgan fingerprint density at radius 1 is 1.06 bits per heavy atom. The summed E-state index contributed by atoms with van der Waals surface area (Å²) < 4.78 is 5.54. The van der Waals surface area contributed by atoms with Crippen LogP contribution in [-0.4, -0.2) is 48.1 Å². The van der Waals surface area contributed by atoms with E-state index in [1.165, 1.54) is 0 Å². The number of halogens is 2. The number of hydrogen-bond acceptors (Lipinski definition) is 3. The summed E-state index contributed by atoms with van der Waals surface area (Å²) in [5.41, 5.74) is 1.55. The van der Waals surface area contributed by atoms with E-state index in [1.807, 2.05) is 36.1 Å². The molecule has 2 rings (SSSR count). The highest BCUT2D eigenvalue weighted by Crippen LogP contribution is 2.30. The van der Waals surface area contributed by atoms with Gasteiger partial charge in [-0.2, -0.15) is 0 Å². The van der Waals surface area contributed by atoms with Crippen molar-refractivity contribution in [3.05, 3.63) is 58.1 Å². The van der Waals surface area contributed by atoms with Crippen LogP contribution in [0.2, 0.25) is 10.0 Å². The lowest BCUT2D eigenvalue weighted by Gasteiger charge is -2.30. The second-order valence-electron chi connectivity index (χ2n) is 7.75. The number of rotatable bonds is 12. The van der Waals surface area contributed by atoms with Crippen LogP contribution in [0.15, 0.2) is 42.5 Å². The molecule has 0 aliphatic rings. The molecule has 0 fully saturated rings. The van der Waals surface area contributed by atoms with Gasteiger partial charge < -0.3 is 19.9 Å². The highest BCUT2D eigenvalue weighted by atomic mass is 35.5. The first-order valence-electron chi connectivity index (χ1n) is 11.3. The summed E-state index contributed by atoms with van der Waals surface area (Å²) in [7, 11) is 0. The molecule has 2 amide bonds. The molecule has 0 radical (unpaired) electrons. The van der Waals surface area contributed by atoms with Gasteiger partial charge in [0.15, 0.2) is 0 Å². The van der Waals surface area contributed by atoms with Crippen LogP contribution >= 0.6 is 23.2 Å². The molecule has 0 aliphatic heterocycles. The molecule has 0 heterocycles. The van der Waals surface area contributed by atoms with E-state index in [2.05, 4.69) is 31.0 Å². The first-order valence-corrected chi connectivity index (χ1v) is 12.1. The van der Waals surface area contributed by atoms with E-state index in [4.69, 9.17) is 27.9 Å². The third kappa shape index (κ3) is 7.88. The van der Waals surface area contributed by atoms with E-state index in [0.29, 0.717) is 28.9 Å². The molecule has 1 N–H and O–H groups in total. The van der Waals surface area contributed by atoms with Gasteiger partial charge in [-0.1, -0.05) is 55.2 Å². The molecule has 0 saturated carbocycles. The molecule has 1 atom stereocenters. The molecule has 7 heteroatoms. The molecular formula is C25H35Cl2N3O2. The Kier molecular flexibility index (Phi) is 11.1. The fraction of sp³-hybridized carbons (Fsp3) is 0.480. The molecule has 32 heavy (non-hydrogen) atoms. The van der Waals surface area contributed by atoms with Crippen LogP contribution in [0.4, 0.5) is 10.5 Å². The number of nitrogens with one attached hydrogen (secondary N) is 1. The molecule has 0 saturated heterocycles. The van der Waals surface area contributed by atoms with Crippen molar-refractivity contribution in [2.45, 2.75) is 53.1 Å². The summed E-state index contributed by atoms with van der Waals surface area (Å²) in [5.74, 6) is 0.824. The van der Waals surface area contributed by atoms with Gasteiger partial charge in [-0.3, -0.25) is 0 Å². The summed E-state index contributed by atoms with van der Waals surface area (Å²) in [4.78, 5) is 17.5. The minimum atomic E-state index is -0.196. The summed E-state index contributed by atoms with van der Waals surface area (Å²) in [6.07, 6.45) is 1.93. The molecule has 2 aromatic carbocycles. The summed E-state index contributed by atoms with van der Waals surface area (Å²) in [5, 5.41) is 3.70. The van der Waals surface area contributed by atoms with Crippen molar-refractivity contribution in [3.63, 3.8) is 0 Å². The maximum absolute atomic E-state index is 13.3. The normalized spacial score (nSPS) is 12.0. The maximum atomic E-state index is 13.3. The number of ether oxygens (including phenoxy) is 1. The van der Waals surface area contributed by atoms with Crippen molar-refractivity contribution in [1.82, 2.24) is 9.80 Å². The van der Waals surface area contributed by atoms with Crippen molar-refractivity contribution in [3.8, 4) is 5.75 Å². The minimum absolute atomic E-state index is 0.0510. The third-order valence-corrected chi connectivity index (χ3v) is 6.38. The minimum Gasteiger partial charge on any atom is -0.494 e. The van der Waals surface area contributed by atoms with Crippen molar-refractivity contribution >= 4 is 34.9 Å². The van der Waals surface area contributed by atoms with Crippen LogP contribution < -0.4 is 10.1 Å². The van der Waals surface area contributed by atoms with Crippen LogP contribution in [0.3, 0.4) is 0 Å². The van der Waals surface area contributed by atoms with Gasteiger partial charge in [0.25, 0.3) is 0 Å². The molecule has 5 nitrogen and oxygen atoms in total. The van der Waals surface area contributed by atoms with Crippen molar-refractivity contribution in [2.24, 2.45) is 0 Å². The number of amides is 2. The number of anilines is 1. The first-order chi connectivity index (χ1) is 15.4. The Morgan fingerprint density at radius 3 is 2.38 bits per heavy atom. The number of hydrogen-bond donors (Lipinski definition) is 1. The maximum Gasteiger partial charge on any atom is 0.322 e. The monoisotopic (exact) mass is 479 g/mol. The average Bonchev–Trinajstić information content (AvgIpc) is 2.79. The zero-order valence-electron chi connectivity index (χ0n) is 19.5. The second kappa shape index (κ2) is 13.6. The molecule has 0 aromatic heterocycles. The Hall–Kier alpha value is -1.95. The Balaban J connectivity index is 2.14. The molecular weight excluding hydrogens is 445 g/mol. The Morgan fingerprint density at radius 2 is 1.75 bits per heavy atom. The van der Waals surface area contributed by atoms with E-state index >= 15 is 0 Å². The molecule has 0 spiro atoms. The number of urea groups is 1. The Bertz CT molecular complexity index is 842. The van der Waals surface area contributed by atoms with Crippen molar-refractivity contribution in [1.29, 1.82) is 0 Å². The number of carbonyl (C=O) groups is 1. The van der Waals surface area contributed by atoms with Gasteiger partial charge >= 0.3 is 6.03 Å². The van der Waals surface area contributed by atoms with Crippen molar-refractivity contribution < 1.29 is 9.53 Å². The topological polar surface area (TPSA) is 44.8 Å². The fourth-order valence-corrected chi connectivity index (χ4v) is 3.92. The second-order valence-corrected chi connectivity index (χ2v) is 8.54. The van der Waals surface area contributed by atoms with Gasteiger partial charge in [-0.05, 0) is 76.2 Å². The fourth-order valence-electron chi connectivity index (χ4n) is 3.58. The van der Waals surface area contributed by atoms with E-state index in [0.717, 1.165) is 43.8 Å². The third-order valence-electron chi connectivity index (χ3n) is 5.56. The predicted molar refractivity (Wildman–Crippen MR) is 135 cm³/mol. The van der Waals surface area contributed by atoms with Crippen molar-refractivity contribution in [2.75, 3.05) is 31.6 Å².